The number of aromatic carboxylic acids is 2. The van der Waals surface area contributed by atoms with Crippen molar-refractivity contribution in [2.24, 2.45) is 11.8 Å². The lowest BCUT2D eigenvalue weighted by atomic mass is 9.99. The molecule has 0 saturated carbocycles. The molecule has 61 heavy (non-hydrogen) atoms. The summed E-state index contributed by atoms with van der Waals surface area (Å²) in [6.45, 7) is 13.0. The zero-order valence-electron chi connectivity index (χ0n) is 35.5. The van der Waals surface area contributed by atoms with Crippen molar-refractivity contribution >= 4 is 35.1 Å². The second-order valence-corrected chi connectivity index (χ2v) is 15.3. The van der Waals surface area contributed by atoms with Gasteiger partial charge in [0, 0.05) is 11.1 Å². The second kappa shape index (κ2) is 21.4. The highest BCUT2D eigenvalue weighted by molar-refractivity contribution is 6.08. The van der Waals surface area contributed by atoms with E-state index >= 15 is 0 Å². The summed E-state index contributed by atoms with van der Waals surface area (Å²) in [5.41, 5.74) is 3.39. The van der Waals surface area contributed by atoms with E-state index in [9.17, 15) is 29.4 Å². The zero-order chi connectivity index (χ0) is 44.1. The number of amides is 2. The van der Waals surface area contributed by atoms with Gasteiger partial charge in [0.05, 0.1) is 47.4 Å². The van der Waals surface area contributed by atoms with E-state index in [1.807, 2.05) is 44.2 Å². The summed E-state index contributed by atoms with van der Waals surface area (Å²) in [6.07, 6.45) is 2.04. The number of rotatable bonds is 21. The van der Waals surface area contributed by atoms with Crippen LogP contribution in [0.15, 0.2) is 103 Å². The Bertz CT molecular complexity index is 2320. The number of hydrogen-bond donors (Lipinski definition) is 4. The molecular weight excluding hydrogens is 777 g/mol. The van der Waals surface area contributed by atoms with Crippen LogP contribution in [0.2, 0.25) is 0 Å². The highest BCUT2D eigenvalue weighted by atomic mass is 16.5. The van der Waals surface area contributed by atoms with E-state index in [1.54, 1.807) is 36.4 Å². The molecule has 0 heterocycles. The number of anilines is 2. The molecule has 5 aromatic rings. The van der Waals surface area contributed by atoms with Crippen molar-refractivity contribution in [2.75, 3.05) is 23.8 Å². The first kappa shape index (κ1) is 45.3. The molecule has 5 rings (SSSR count). The number of carboxylic acid groups (broad SMARTS) is 2. The Hall–Kier alpha value is -6.82. The lowest BCUT2D eigenvalue weighted by molar-refractivity contribution is 0.0685. The average Bonchev–Trinajstić information content (AvgIpc) is 3.25. The summed E-state index contributed by atoms with van der Waals surface area (Å²) in [5.74, 6) is -1.44. The van der Waals surface area contributed by atoms with E-state index in [1.165, 1.54) is 36.4 Å². The molecule has 2 amide bonds. The Kier molecular flexibility index (Phi) is 15.9. The van der Waals surface area contributed by atoms with Crippen molar-refractivity contribution < 1.29 is 48.3 Å². The molecular formula is C49H54N2O10. The maximum atomic E-state index is 14.0. The zero-order valence-corrected chi connectivity index (χ0v) is 35.5. The number of benzene rings is 5. The third-order valence-electron chi connectivity index (χ3n) is 10.0. The molecule has 0 spiro atoms. The first-order valence-corrected chi connectivity index (χ1v) is 20.5. The Labute approximate surface area is 356 Å². The fourth-order valence-corrected chi connectivity index (χ4v) is 5.93. The third kappa shape index (κ3) is 12.6. The highest BCUT2D eigenvalue weighted by Gasteiger charge is 2.21. The Morgan fingerprint density at radius 2 is 1.23 bits per heavy atom. The van der Waals surface area contributed by atoms with Gasteiger partial charge in [0.15, 0.2) is 0 Å². The quantitative estimate of drug-likeness (QED) is 0.0558. The van der Waals surface area contributed by atoms with Gasteiger partial charge in [-0.25, -0.2) is 9.59 Å². The first-order chi connectivity index (χ1) is 29.3. The van der Waals surface area contributed by atoms with Crippen LogP contribution >= 0.6 is 0 Å². The van der Waals surface area contributed by atoms with Gasteiger partial charge in [-0.1, -0.05) is 77.4 Å². The molecule has 0 radical (unpaired) electrons. The molecule has 4 N–H and O–H groups in total. The van der Waals surface area contributed by atoms with Crippen molar-refractivity contribution in [2.45, 2.75) is 73.5 Å². The van der Waals surface area contributed by atoms with E-state index in [0.717, 1.165) is 18.4 Å². The van der Waals surface area contributed by atoms with Crippen LogP contribution in [-0.2, 0) is 6.61 Å². The molecule has 320 valence electrons. The van der Waals surface area contributed by atoms with Gasteiger partial charge in [0.2, 0.25) is 0 Å². The normalized spacial score (nSPS) is 11.9. The molecule has 2 atom stereocenters. The van der Waals surface area contributed by atoms with Crippen LogP contribution in [0.3, 0.4) is 0 Å². The van der Waals surface area contributed by atoms with Gasteiger partial charge in [0.1, 0.15) is 29.6 Å². The summed E-state index contributed by atoms with van der Waals surface area (Å²) in [7, 11) is 0. The Morgan fingerprint density at radius 3 is 1.87 bits per heavy atom. The minimum absolute atomic E-state index is 0.0111. The van der Waals surface area contributed by atoms with Crippen molar-refractivity contribution in [3.63, 3.8) is 0 Å². The number of carbonyl (C=O) groups is 4. The predicted octanol–water partition coefficient (Wildman–Crippen LogP) is 10.9. The van der Waals surface area contributed by atoms with Crippen molar-refractivity contribution in [3.05, 3.63) is 131 Å². The molecule has 5 aromatic carbocycles. The molecule has 2 unspecified atom stereocenters. The largest absolute Gasteiger partial charge is 0.493 e. The predicted molar refractivity (Wildman–Crippen MR) is 236 cm³/mol. The fourth-order valence-electron chi connectivity index (χ4n) is 5.93. The summed E-state index contributed by atoms with van der Waals surface area (Å²) < 4.78 is 24.7. The molecule has 0 saturated heterocycles. The van der Waals surface area contributed by atoms with E-state index < -0.39 is 23.8 Å². The summed E-state index contributed by atoms with van der Waals surface area (Å²) in [4.78, 5) is 51.4. The molecule has 12 heteroatoms. The van der Waals surface area contributed by atoms with Gasteiger partial charge in [-0.15, -0.1) is 0 Å². The maximum absolute atomic E-state index is 14.0. The van der Waals surface area contributed by atoms with Crippen molar-refractivity contribution in [1.82, 2.24) is 0 Å². The van der Waals surface area contributed by atoms with Crippen molar-refractivity contribution in [3.8, 4) is 34.1 Å². The maximum Gasteiger partial charge on any atom is 0.335 e. The van der Waals surface area contributed by atoms with E-state index in [0.29, 0.717) is 59.6 Å². The monoisotopic (exact) mass is 830 g/mol. The van der Waals surface area contributed by atoms with Gasteiger partial charge in [-0.2, -0.15) is 0 Å². The number of hydrogen-bond acceptors (Lipinski definition) is 8. The lowest BCUT2D eigenvalue weighted by Gasteiger charge is -2.19. The van der Waals surface area contributed by atoms with Gasteiger partial charge >= 0.3 is 11.9 Å². The topological polar surface area (TPSA) is 170 Å². The molecule has 12 nitrogen and oxygen atoms in total. The number of carbonyl (C=O) groups excluding carboxylic acids is 2. The number of carboxylic acids is 2. The Balaban J connectivity index is 1.48. The highest BCUT2D eigenvalue weighted by Crippen LogP contribution is 2.37. The summed E-state index contributed by atoms with van der Waals surface area (Å²) >= 11 is 0. The van der Waals surface area contributed by atoms with Gasteiger partial charge < -0.3 is 39.8 Å². The molecule has 0 fully saturated rings. The minimum Gasteiger partial charge on any atom is -0.493 e. The van der Waals surface area contributed by atoms with E-state index in [4.69, 9.17) is 18.9 Å². The molecule has 0 aromatic heterocycles. The van der Waals surface area contributed by atoms with Crippen LogP contribution in [0.25, 0.3) is 11.1 Å². The summed E-state index contributed by atoms with van der Waals surface area (Å²) in [5, 5.41) is 25.0. The van der Waals surface area contributed by atoms with Crippen molar-refractivity contribution in [1.29, 1.82) is 0 Å². The molecule has 0 bridgehead atoms. The lowest BCUT2D eigenvalue weighted by Crippen LogP contribution is -2.17. The van der Waals surface area contributed by atoms with Gasteiger partial charge in [-0.05, 0) is 109 Å². The van der Waals surface area contributed by atoms with Crippen LogP contribution < -0.4 is 29.6 Å². The van der Waals surface area contributed by atoms with E-state index in [2.05, 4.69) is 38.3 Å². The Morgan fingerprint density at radius 1 is 0.607 bits per heavy atom. The van der Waals surface area contributed by atoms with Crippen LogP contribution in [-0.4, -0.2) is 53.3 Å². The SMILES string of the molecule is CCC(C)COc1cc(C(=O)Nc2ccc(C(=O)O)cc2OCc2ccccc2)ccc1-c1ccc(C(=O)Nc2ccc(C(=O)O)cc2OC(C)CC)c(OCCC(C)C)c1. The minimum atomic E-state index is -1.13. The van der Waals surface area contributed by atoms with E-state index in [-0.39, 0.29) is 52.4 Å². The molecule has 0 aliphatic heterocycles. The average molecular weight is 831 g/mol. The van der Waals surface area contributed by atoms with Crippen LogP contribution in [0.4, 0.5) is 11.4 Å². The van der Waals surface area contributed by atoms with Gasteiger partial charge in [-0.3, -0.25) is 9.59 Å². The van der Waals surface area contributed by atoms with Crippen LogP contribution in [0.1, 0.15) is 108 Å². The van der Waals surface area contributed by atoms with Gasteiger partial charge in [0.25, 0.3) is 11.8 Å². The second-order valence-electron chi connectivity index (χ2n) is 15.3. The first-order valence-electron chi connectivity index (χ1n) is 20.5. The standard InChI is InChI=1S/C49H54N2O10/c1-7-31(5)28-59-42-25-35(46(52)50-40-20-16-36(48(54)55)26-44(40)60-29-33-12-10-9-11-13-33)15-18-38(42)34-14-19-39(43(24-34)58-23-22-30(3)4)47(53)51-41-21-17-37(49(56)57)27-45(41)61-32(6)8-2/h9-21,24-27,30-32H,7-8,22-23,28-29H2,1-6H3,(H,50,52)(H,51,53)(H,54,55)(H,56,57). The number of nitrogens with one attached hydrogen (secondary N) is 2. The summed E-state index contributed by atoms with van der Waals surface area (Å²) in [6, 6.07) is 28.3. The molecule has 0 aliphatic carbocycles. The van der Waals surface area contributed by atoms with Crippen LogP contribution in [0, 0.1) is 11.8 Å². The smallest absolute Gasteiger partial charge is 0.335 e. The van der Waals surface area contributed by atoms with Crippen LogP contribution in [0.5, 0.6) is 23.0 Å². The third-order valence-corrected chi connectivity index (χ3v) is 10.0. The fraction of sp³-hybridized carbons (Fsp3) is 0.306. The molecule has 0 aliphatic rings. The number of ether oxygens (including phenoxy) is 4.